The van der Waals surface area contributed by atoms with Gasteiger partial charge in [0.2, 0.25) is 0 Å². The minimum Gasteiger partial charge on any atom is -0.463 e. The number of carbonyl (C=O) groups is 3. The van der Waals surface area contributed by atoms with Crippen LogP contribution in [0.4, 0.5) is 0 Å². The summed E-state index contributed by atoms with van der Waals surface area (Å²) in [6.45, 7) is 7.85. The van der Waals surface area contributed by atoms with E-state index in [4.69, 9.17) is 14.2 Å². The molecule has 0 aliphatic rings. The summed E-state index contributed by atoms with van der Waals surface area (Å²) in [4.78, 5) is 37.3. The monoisotopic (exact) mass is 546 g/mol. The van der Waals surface area contributed by atoms with E-state index in [-0.39, 0.29) is 0 Å². The van der Waals surface area contributed by atoms with E-state index in [0.29, 0.717) is 29.2 Å². The molecule has 3 aromatic carbocycles. The second kappa shape index (κ2) is 15.5. The average molecular weight is 547 g/mol. The normalized spacial score (nSPS) is 10.5. The van der Waals surface area contributed by atoms with Crippen LogP contribution in [0.5, 0.6) is 11.5 Å². The lowest BCUT2D eigenvalue weighted by atomic mass is 10.1. The van der Waals surface area contributed by atoms with Gasteiger partial charge in [0.25, 0.3) is 0 Å². The fourth-order valence-corrected chi connectivity index (χ4v) is 4.67. The van der Waals surface area contributed by atoms with Gasteiger partial charge in [-0.15, -0.1) is 11.8 Å². The molecule has 3 rings (SSSR count). The smallest absolute Gasteiger partial charge is 0.343 e. The standard InChI is InChI=1S/C32H34O6S/c1-4-6-9-24-10-15-27(16-11-24)37-31(34)25-12-17-28(18-13-25)38-32(35)26-14-19-29(23(3)22-26)39-21-8-7-20-36-30(33)5-2/h5,10-19,22H,2,4,6-9,20-21H2,1,3H3. The number of carbonyl (C=O) groups excluding carboxylic acids is 3. The molecule has 0 unspecified atom stereocenters. The van der Waals surface area contributed by atoms with Gasteiger partial charge in [-0.25, -0.2) is 14.4 Å². The number of unbranched alkanes of at least 4 members (excludes halogenated alkanes) is 2. The van der Waals surface area contributed by atoms with Crippen molar-refractivity contribution in [3.63, 3.8) is 0 Å². The number of ether oxygens (including phenoxy) is 3. The van der Waals surface area contributed by atoms with Crippen LogP contribution in [-0.4, -0.2) is 30.3 Å². The van der Waals surface area contributed by atoms with Crippen LogP contribution in [-0.2, 0) is 16.0 Å². The van der Waals surface area contributed by atoms with Crippen LogP contribution in [0.25, 0.3) is 0 Å². The first-order chi connectivity index (χ1) is 18.9. The Morgan fingerprint density at radius 1 is 0.821 bits per heavy atom. The van der Waals surface area contributed by atoms with E-state index in [9.17, 15) is 14.4 Å². The van der Waals surface area contributed by atoms with Crippen molar-refractivity contribution in [1.82, 2.24) is 0 Å². The highest BCUT2D eigenvalue weighted by molar-refractivity contribution is 7.99. The Morgan fingerprint density at radius 3 is 2.05 bits per heavy atom. The summed E-state index contributed by atoms with van der Waals surface area (Å²) in [6.07, 6.45) is 6.09. The molecule has 0 aromatic heterocycles. The molecule has 0 atom stereocenters. The molecule has 0 bridgehead atoms. The third kappa shape index (κ3) is 9.76. The Bertz CT molecular complexity index is 1260. The van der Waals surface area contributed by atoms with E-state index >= 15 is 0 Å². The molecular formula is C32H34O6S. The molecule has 204 valence electrons. The molecule has 6 nitrogen and oxygen atoms in total. The average Bonchev–Trinajstić information content (AvgIpc) is 2.95. The summed E-state index contributed by atoms with van der Waals surface area (Å²) in [6, 6.07) is 19.3. The summed E-state index contributed by atoms with van der Waals surface area (Å²) in [5.74, 6) is 0.341. The Hall–Kier alpha value is -3.84. The van der Waals surface area contributed by atoms with Gasteiger partial charge in [-0.2, -0.15) is 0 Å². The Labute approximate surface area is 234 Å². The molecule has 0 radical (unpaired) electrons. The molecule has 7 heteroatoms. The molecule has 0 amide bonds. The van der Waals surface area contributed by atoms with E-state index < -0.39 is 17.9 Å². The van der Waals surface area contributed by atoms with E-state index in [2.05, 4.69) is 13.5 Å². The molecule has 0 saturated carbocycles. The van der Waals surface area contributed by atoms with Crippen molar-refractivity contribution in [2.24, 2.45) is 0 Å². The number of hydrogen-bond acceptors (Lipinski definition) is 7. The molecule has 0 spiro atoms. The van der Waals surface area contributed by atoms with Gasteiger partial charge in [-0.3, -0.25) is 0 Å². The van der Waals surface area contributed by atoms with Gasteiger partial charge in [0.15, 0.2) is 0 Å². The summed E-state index contributed by atoms with van der Waals surface area (Å²) in [5, 5.41) is 0. The van der Waals surface area contributed by atoms with Crippen molar-refractivity contribution < 1.29 is 28.6 Å². The van der Waals surface area contributed by atoms with Crippen LogP contribution in [0.1, 0.15) is 64.4 Å². The maximum Gasteiger partial charge on any atom is 0.343 e. The SMILES string of the molecule is C=CC(=O)OCCCCSc1ccc(C(=O)Oc2ccc(C(=O)Oc3ccc(CCCC)cc3)cc2)cc1C. The summed E-state index contributed by atoms with van der Waals surface area (Å²) in [7, 11) is 0. The van der Waals surface area contributed by atoms with E-state index in [1.54, 1.807) is 60.3 Å². The second-order valence-electron chi connectivity index (χ2n) is 8.96. The first-order valence-electron chi connectivity index (χ1n) is 13.1. The largest absolute Gasteiger partial charge is 0.463 e. The predicted molar refractivity (Wildman–Crippen MR) is 154 cm³/mol. The fourth-order valence-electron chi connectivity index (χ4n) is 3.65. The number of esters is 3. The third-order valence-corrected chi connectivity index (χ3v) is 7.13. The van der Waals surface area contributed by atoms with Crippen LogP contribution in [0.3, 0.4) is 0 Å². The van der Waals surface area contributed by atoms with Gasteiger partial charge >= 0.3 is 17.9 Å². The lowest BCUT2D eigenvalue weighted by Gasteiger charge is -2.09. The highest BCUT2D eigenvalue weighted by Crippen LogP contribution is 2.25. The zero-order valence-electron chi connectivity index (χ0n) is 22.4. The molecule has 0 N–H and O–H groups in total. The van der Waals surface area contributed by atoms with Gasteiger partial charge in [0.05, 0.1) is 17.7 Å². The first-order valence-corrected chi connectivity index (χ1v) is 14.0. The summed E-state index contributed by atoms with van der Waals surface area (Å²) < 4.78 is 15.9. The van der Waals surface area contributed by atoms with Crippen LogP contribution >= 0.6 is 11.8 Å². The molecule has 39 heavy (non-hydrogen) atoms. The second-order valence-corrected chi connectivity index (χ2v) is 10.1. The number of thioether (sulfide) groups is 1. The number of aryl methyl sites for hydroxylation is 2. The lowest BCUT2D eigenvalue weighted by Crippen LogP contribution is -2.10. The number of hydrogen-bond donors (Lipinski definition) is 0. The van der Waals surface area contributed by atoms with E-state index in [1.807, 2.05) is 25.1 Å². The molecular weight excluding hydrogens is 512 g/mol. The van der Waals surface area contributed by atoms with Gasteiger partial charge in [-0.1, -0.05) is 32.1 Å². The quantitative estimate of drug-likeness (QED) is 0.0686. The van der Waals surface area contributed by atoms with Crippen molar-refractivity contribution in [2.75, 3.05) is 12.4 Å². The lowest BCUT2D eigenvalue weighted by molar-refractivity contribution is -0.137. The molecule has 0 saturated heterocycles. The fraction of sp³-hybridized carbons (Fsp3) is 0.281. The van der Waals surface area contributed by atoms with Crippen LogP contribution in [0, 0.1) is 6.92 Å². The molecule has 0 aliphatic carbocycles. The highest BCUT2D eigenvalue weighted by Gasteiger charge is 2.13. The van der Waals surface area contributed by atoms with Crippen LogP contribution in [0.2, 0.25) is 0 Å². The van der Waals surface area contributed by atoms with Crippen LogP contribution in [0.15, 0.2) is 84.3 Å². The molecule has 0 fully saturated rings. The number of rotatable bonds is 14. The summed E-state index contributed by atoms with van der Waals surface area (Å²) in [5.41, 5.74) is 3.00. The Kier molecular flexibility index (Phi) is 11.8. The molecule has 3 aromatic rings. The Balaban J connectivity index is 1.47. The van der Waals surface area contributed by atoms with Gasteiger partial charge in [0.1, 0.15) is 11.5 Å². The summed E-state index contributed by atoms with van der Waals surface area (Å²) >= 11 is 1.69. The zero-order valence-corrected chi connectivity index (χ0v) is 23.3. The van der Waals surface area contributed by atoms with E-state index in [1.165, 1.54) is 5.56 Å². The van der Waals surface area contributed by atoms with Crippen molar-refractivity contribution in [3.05, 3.63) is 102 Å². The van der Waals surface area contributed by atoms with E-state index in [0.717, 1.165) is 54.4 Å². The maximum atomic E-state index is 12.7. The van der Waals surface area contributed by atoms with Gasteiger partial charge in [0, 0.05) is 11.0 Å². The first kappa shape index (κ1) is 29.7. The highest BCUT2D eigenvalue weighted by atomic mass is 32.2. The molecule has 0 heterocycles. The Morgan fingerprint density at radius 2 is 1.44 bits per heavy atom. The van der Waals surface area contributed by atoms with Crippen molar-refractivity contribution >= 4 is 29.7 Å². The minimum absolute atomic E-state index is 0.338. The van der Waals surface area contributed by atoms with Crippen molar-refractivity contribution in [1.29, 1.82) is 0 Å². The van der Waals surface area contributed by atoms with Crippen molar-refractivity contribution in [2.45, 2.75) is 50.8 Å². The predicted octanol–water partition coefficient (Wildman–Crippen LogP) is 7.38. The minimum atomic E-state index is -0.476. The van der Waals surface area contributed by atoms with Gasteiger partial charge < -0.3 is 14.2 Å². The topological polar surface area (TPSA) is 78.9 Å². The third-order valence-electron chi connectivity index (χ3n) is 5.87. The van der Waals surface area contributed by atoms with Crippen molar-refractivity contribution in [3.8, 4) is 11.5 Å². The van der Waals surface area contributed by atoms with Crippen LogP contribution < -0.4 is 9.47 Å². The number of benzene rings is 3. The van der Waals surface area contributed by atoms with Gasteiger partial charge in [-0.05, 0) is 104 Å². The maximum absolute atomic E-state index is 12.7. The molecule has 0 aliphatic heterocycles. The zero-order chi connectivity index (χ0) is 28.0.